The summed E-state index contributed by atoms with van der Waals surface area (Å²) in [6, 6.07) is 4.09. The van der Waals surface area contributed by atoms with Crippen LogP contribution in [0.5, 0.6) is 0 Å². The average Bonchev–Trinajstić information content (AvgIpc) is 3.78. The predicted molar refractivity (Wildman–Crippen MR) is 165 cm³/mol. The van der Waals surface area contributed by atoms with Crippen LogP contribution < -0.4 is 4.72 Å². The Bertz CT molecular complexity index is 1740. The number of nitrogens with zero attached hydrogens (tertiary/aromatic N) is 6. The second-order valence-corrected chi connectivity index (χ2v) is 14.4. The Labute approximate surface area is 272 Å². The van der Waals surface area contributed by atoms with E-state index >= 15 is 0 Å². The standard InChI is InChI=1S/C28H31ClF3N7O2S2.CO2/c1-17-4-8-37(9-5-17)11-13-43(40,41)36-19-15-23-24(22-6-10-39(35-22)28(31)32)25(20-3-2-18(30)14-21(20)29)34-26(38(23)16-19)27-33-7-12-42-27;2-1-3/h2-3,6-7,10,12,14,17,19,25,28,36H,4-5,8-9,11,13,15-16H2,1H3;/t19-,25-;/m0./s1. The number of fused-ring (bicyclic) bond motifs is 1. The molecule has 1 aromatic carbocycles. The second kappa shape index (κ2) is 14.6. The van der Waals surface area contributed by atoms with E-state index in [1.165, 1.54) is 41.8 Å². The first-order valence-corrected chi connectivity index (χ1v) is 17.4. The molecule has 0 bridgehead atoms. The van der Waals surface area contributed by atoms with Gasteiger partial charge in [-0.1, -0.05) is 24.6 Å². The van der Waals surface area contributed by atoms with Gasteiger partial charge in [-0.05, 0) is 50.0 Å². The number of aromatic nitrogens is 3. The van der Waals surface area contributed by atoms with Gasteiger partial charge in [0.2, 0.25) is 10.0 Å². The van der Waals surface area contributed by atoms with Crippen LogP contribution >= 0.6 is 22.9 Å². The molecule has 2 saturated heterocycles. The summed E-state index contributed by atoms with van der Waals surface area (Å²) >= 11 is 7.87. The molecule has 11 nitrogen and oxygen atoms in total. The lowest BCUT2D eigenvalue weighted by molar-refractivity contribution is -0.191. The zero-order valence-electron chi connectivity index (χ0n) is 24.7. The van der Waals surface area contributed by atoms with Crippen LogP contribution in [0.4, 0.5) is 13.2 Å². The zero-order valence-corrected chi connectivity index (χ0v) is 27.0. The predicted octanol–water partition coefficient (Wildman–Crippen LogP) is 4.58. The molecule has 0 amide bonds. The van der Waals surface area contributed by atoms with E-state index in [0.717, 1.165) is 25.9 Å². The summed E-state index contributed by atoms with van der Waals surface area (Å²) in [5.74, 6) is 0.597. The van der Waals surface area contributed by atoms with Crippen LogP contribution in [0.15, 0.2) is 52.7 Å². The fraction of sp³-hybridized carbons (Fsp3) is 0.448. The molecule has 246 valence electrons. The number of rotatable bonds is 9. The van der Waals surface area contributed by atoms with Gasteiger partial charge in [0, 0.05) is 65.2 Å². The maximum Gasteiger partial charge on any atom is 0.373 e. The highest BCUT2D eigenvalue weighted by atomic mass is 35.5. The normalized spacial score (nSPS) is 20.7. The van der Waals surface area contributed by atoms with E-state index in [0.29, 0.717) is 44.8 Å². The molecule has 0 spiro atoms. The summed E-state index contributed by atoms with van der Waals surface area (Å²) in [6.07, 6.45) is 5.45. The summed E-state index contributed by atoms with van der Waals surface area (Å²) in [4.78, 5) is 29.7. The SMILES string of the molecule is CC1CCN(CCS(=O)(=O)N[C@H]2CC3=C(c4ccn(C(F)F)n4)[C@H](c4ccc(F)cc4Cl)N=C(c4nccs4)N3C2)CC1.O=C=O. The fourth-order valence-electron chi connectivity index (χ4n) is 5.88. The van der Waals surface area contributed by atoms with Gasteiger partial charge in [0.1, 0.15) is 11.9 Å². The molecular formula is C29H31ClF3N7O4S2. The Morgan fingerprint density at radius 3 is 2.57 bits per heavy atom. The van der Waals surface area contributed by atoms with Crippen molar-refractivity contribution in [1.82, 2.24) is 29.3 Å². The van der Waals surface area contributed by atoms with Crippen LogP contribution in [0.3, 0.4) is 0 Å². The molecule has 2 fully saturated rings. The number of piperidine rings is 1. The quantitative estimate of drug-likeness (QED) is 0.344. The van der Waals surface area contributed by atoms with Crippen LogP contribution in [0.1, 0.15) is 55.0 Å². The third-order valence-electron chi connectivity index (χ3n) is 8.12. The van der Waals surface area contributed by atoms with Crippen molar-refractivity contribution >= 4 is 50.5 Å². The topological polar surface area (TPSA) is 130 Å². The van der Waals surface area contributed by atoms with Crippen molar-refractivity contribution < 1.29 is 31.2 Å². The maximum absolute atomic E-state index is 14.0. The van der Waals surface area contributed by atoms with Gasteiger partial charge in [-0.2, -0.15) is 23.5 Å². The highest BCUT2D eigenvalue weighted by Crippen LogP contribution is 2.46. The molecule has 3 aromatic rings. The van der Waals surface area contributed by atoms with Gasteiger partial charge in [0.05, 0.1) is 11.4 Å². The van der Waals surface area contributed by atoms with E-state index in [9.17, 15) is 21.6 Å². The van der Waals surface area contributed by atoms with Crippen molar-refractivity contribution in [3.8, 4) is 0 Å². The second-order valence-electron chi connectivity index (χ2n) is 11.2. The molecule has 3 aliphatic rings. The zero-order chi connectivity index (χ0) is 33.0. The third-order valence-corrected chi connectivity index (χ3v) is 10.6. The highest BCUT2D eigenvalue weighted by molar-refractivity contribution is 7.89. The molecule has 2 aromatic heterocycles. The first-order chi connectivity index (χ1) is 22.0. The molecule has 2 atom stereocenters. The minimum absolute atomic E-state index is 0.0240. The van der Waals surface area contributed by atoms with Crippen LogP contribution in [-0.2, 0) is 19.6 Å². The number of sulfonamides is 1. The number of hydrogen-bond donors (Lipinski definition) is 1. The van der Waals surface area contributed by atoms with Gasteiger partial charge in [-0.25, -0.2) is 27.2 Å². The number of aliphatic imine (C=N–C) groups is 1. The number of hydrogen-bond acceptors (Lipinski definition) is 10. The van der Waals surface area contributed by atoms with Crippen molar-refractivity contribution in [2.24, 2.45) is 10.9 Å². The average molecular weight is 698 g/mol. The monoisotopic (exact) mass is 697 g/mol. The van der Waals surface area contributed by atoms with Crippen molar-refractivity contribution in [1.29, 1.82) is 0 Å². The Kier molecular flexibility index (Phi) is 10.8. The van der Waals surface area contributed by atoms with Crippen LogP contribution in [0.2, 0.25) is 5.02 Å². The van der Waals surface area contributed by atoms with Gasteiger partial charge < -0.3 is 9.80 Å². The molecule has 5 heterocycles. The van der Waals surface area contributed by atoms with Gasteiger partial charge in [0.25, 0.3) is 0 Å². The maximum atomic E-state index is 14.0. The summed E-state index contributed by atoms with van der Waals surface area (Å²) in [5.41, 5.74) is 1.88. The number of likely N-dealkylation sites (tertiary alicyclic amines) is 1. The lowest BCUT2D eigenvalue weighted by Crippen LogP contribution is -2.43. The molecule has 0 aliphatic carbocycles. The number of thiazole rings is 1. The van der Waals surface area contributed by atoms with Gasteiger partial charge in [-0.15, -0.1) is 11.3 Å². The van der Waals surface area contributed by atoms with E-state index in [4.69, 9.17) is 26.2 Å². The summed E-state index contributed by atoms with van der Waals surface area (Å²) < 4.78 is 71.1. The molecule has 6 rings (SSSR count). The molecule has 0 radical (unpaired) electrons. The summed E-state index contributed by atoms with van der Waals surface area (Å²) in [7, 11) is -3.63. The first-order valence-electron chi connectivity index (χ1n) is 14.5. The van der Waals surface area contributed by atoms with Crippen molar-refractivity contribution in [2.45, 2.75) is 44.8 Å². The minimum atomic E-state index is -3.63. The summed E-state index contributed by atoms with van der Waals surface area (Å²) in [5, 5.41) is 6.65. The number of amidine groups is 1. The van der Waals surface area contributed by atoms with Crippen LogP contribution in [0, 0.1) is 11.7 Å². The molecule has 1 N–H and O–H groups in total. The van der Waals surface area contributed by atoms with Crippen molar-refractivity contribution in [3.05, 3.63) is 74.8 Å². The Morgan fingerprint density at radius 2 is 1.93 bits per heavy atom. The lowest BCUT2D eigenvalue weighted by atomic mass is 9.92. The molecule has 17 heteroatoms. The molecular weight excluding hydrogens is 667 g/mol. The van der Waals surface area contributed by atoms with E-state index in [-0.39, 0.29) is 35.6 Å². The minimum Gasteiger partial charge on any atom is -0.326 e. The number of alkyl halides is 2. The Balaban J connectivity index is 0.00000134. The van der Waals surface area contributed by atoms with E-state index in [2.05, 4.69) is 26.6 Å². The number of benzene rings is 1. The van der Waals surface area contributed by atoms with E-state index in [1.807, 2.05) is 4.90 Å². The molecule has 0 saturated carbocycles. The van der Waals surface area contributed by atoms with Gasteiger partial charge in [0.15, 0.2) is 10.8 Å². The van der Waals surface area contributed by atoms with Gasteiger partial charge in [-0.3, -0.25) is 4.99 Å². The molecule has 3 aliphatic heterocycles. The first kappa shape index (κ1) is 33.9. The van der Waals surface area contributed by atoms with Crippen molar-refractivity contribution in [3.63, 3.8) is 0 Å². The summed E-state index contributed by atoms with van der Waals surface area (Å²) in [6.45, 7) is 1.84. The fourth-order valence-corrected chi connectivity index (χ4v) is 8.07. The smallest absolute Gasteiger partial charge is 0.326 e. The van der Waals surface area contributed by atoms with Crippen LogP contribution in [0.25, 0.3) is 5.57 Å². The van der Waals surface area contributed by atoms with E-state index in [1.54, 1.807) is 11.6 Å². The number of carbonyl (C=O) groups excluding carboxylic acids is 2. The third kappa shape index (κ3) is 7.76. The lowest BCUT2D eigenvalue weighted by Gasteiger charge is -2.32. The van der Waals surface area contributed by atoms with Gasteiger partial charge >= 0.3 is 12.7 Å². The van der Waals surface area contributed by atoms with Crippen molar-refractivity contribution in [2.75, 3.05) is 31.9 Å². The van der Waals surface area contributed by atoms with E-state index < -0.39 is 34.5 Å². The Morgan fingerprint density at radius 1 is 1.20 bits per heavy atom. The van der Waals surface area contributed by atoms with Crippen LogP contribution in [-0.4, -0.2) is 82.9 Å². The largest absolute Gasteiger partial charge is 0.373 e. The number of halogens is 4. The Hall–Kier alpha value is -3.40. The molecule has 46 heavy (non-hydrogen) atoms. The number of nitrogens with one attached hydrogen (secondary N) is 1. The highest BCUT2D eigenvalue weighted by Gasteiger charge is 2.42. The molecule has 0 unspecified atom stereocenters.